The van der Waals surface area contributed by atoms with Crippen molar-refractivity contribution in [2.45, 2.75) is 16.6 Å². The molecular formula is C11H11NO3S. The van der Waals surface area contributed by atoms with Gasteiger partial charge < -0.3 is 10.0 Å². The zero-order chi connectivity index (χ0) is 11.9. The molecule has 1 aliphatic rings. The van der Waals surface area contributed by atoms with E-state index in [1.54, 1.807) is 7.05 Å². The van der Waals surface area contributed by atoms with Gasteiger partial charge in [0.1, 0.15) is 0 Å². The van der Waals surface area contributed by atoms with E-state index in [9.17, 15) is 9.59 Å². The van der Waals surface area contributed by atoms with Crippen molar-refractivity contribution in [1.29, 1.82) is 0 Å². The van der Waals surface area contributed by atoms with Crippen LogP contribution < -0.4 is 4.90 Å². The van der Waals surface area contributed by atoms with Crippen molar-refractivity contribution in [2.75, 3.05) is 11.9 Å². The van der Waals surface area contributed by atoms with E-state index in [0.717, 1.165) is 22.3 Å². The number of rotatable bonds is 1. The van der Waals surface area contributed by atoms with Gasteiger partial charge in [0.15, 0.2) is 4.75 Å². The molecule has 2 rings (SSSR count). The van der Waals surface area contributed by atoms with Crippen molar-refractivity contribution < 1.29 is 14.7 Å². The highest BCUT2D eigenvalue weighted by Crippen LogP contribution is 2.44. The molecule has 1 N–H and O–H groups in total. The zero-order valence-corrected chi connectivity index (χ0v) is 9.75. The minimum absolute atomic E-state index is 0.399. The maximum atomic E-state index is 12.0. The minimum Gasteiger partial charge on any atom is -0.480 e. The van der Waals surface area contributed by atoms with Gasteiger partial charge in [0, 0.05) is 11.9 Å². The number of carboxylic acids is 1. The molecule has 1 aliphatic heterocycles. The van der Waals surface area contributed by atoms with E-state index in [0.29, 0.717) is 0 Å². The fourth-order valence-electron chi connectivity index (χ4n) is 1.65. The SMILES string of the molecule is CN1C(=O)[C@@](C)(C(=O)O)Sc2ccccc21. The molecule has 0 fully saturated rings. The molecule has 1 atom stereocenters. The van der Waals surface area contributed by atoms with Crippen molar-refractivity contribution in [3.05, 3.63) is 24.3 Å². The van der Waals surface area contributed by atoms with E-state index < -0.39 is 16.6 Å². The van der Waals surface area contributed by atoms with Gasteiger partial charge in [-0.05, 0) is 19.1 Å². The Morgan fingerprint density at radius 1 is 1.44 bits per heavy atom. The lowest BCUT2D eigenvalue weighted by atomic mass is 10.1. The lowest BCUT2D eigenvalue weighted by Gasteiger charge is -2.35. The van der Waals surface area contributed by atoms with Crippen LogP contribution in [0, 0.1) is 0 Å². The number of amides is 1. The van der Waals surface area contributed by atoms with Crippen LogP contribution in [0.15, 0.2) is 29.2 Å². The Bertz CT molecular complexity index is 474. The molecular weight excluding hydrogens is 226 g/mol. The highest BCUT2D eigenvalue weighted by atomic mass is 32.2. The number of thioether (sulfide) groups is 1. The first kappa shape index (κ1) is 11.0. The van der Waals surface area contributed by atoms with Crippen LogP contribution in [0.3, 0.4) is 0 Å². The van der Waals surface area contributed by atoms with Gasteiger partial charge in [0.2, 0.25) is 0 Å². The van der Waals surface area contributed by atoms with Gasteiger partial charge in [-0.3, -0.25) is 9.59 Å². The molecule has 0 spiro atoms. The third-order valence-corrected chi connectivity index (χ3v) is 3.98. The van der Waals surface area contributed by atoms with Crippen LogP contribution in [-0.2, 0) is 9.59 Å². The lowest BCUT2D eigenvalue weighted by molar-refractivity contribution is -0.143. The Kier molecular flexibility index (Phi) is 2.42. The van der Waals surface area contributed by atoms with Gasteiger partial charge in [-0.1, -0.05) is 23.9 Å². The quantitative estimate of drug-likeness (QED) is 0.754. The van der Waals surface area contributed by atoms with E-state index in [-0.39, 0.29) is 0 Å². The number of aliphatic carboxylic acids is 1. The third kappa shape index (κ3) is 1.39. The van der Waals surface area contributed by atoms with Gasteiger partial charge in [-0.25, -0.2) is 0 Å². The molecule has 1 aromatic carbocycles. The van der Waals surface area contributed by atoms with E-state index in [1.807, 2.05) is 24.3 Å². The van der Waals surface area contributed by atoms with E-state index in [1.165, 1.54) is 11.8 Å². The normalized spacial score (nSPS) is 24.1. The summed E-state index contributed by atoms with van der Waals surface area (Å²) in [5, 5.41) is 9.14. The monoisotopic (exact) mass is 237 g/mol. The van der Waals surface area contributed by atoms with Gasteiger partial charge in [0.05, 0.1) is 5.69 Å². The molecule has 0 unspecified atom stereocenters. The summed E-state index contributed by atoms with van der Waals surface area (Å²) in [4.78, 5) is 25.4. The first-order chi connectivity index (χ1) is 7.47. The number of para-hydroxylation sites is 1. The molecule has 0 aromatic heterocycles. The summed E-state index contributed by atoms with van der Waals surface area (Å²) in [5.74, 6) is -1.51. The Hall–Kier alpha value is -1.49. The first-order valence-corrected chi connectivity index (χ1v) is 5.58. The van der Waals surface area contributed by atoms with Crippen LogP contribution in [0.1, 0.15) is 6.92 Å². The summed E-state index contributed by atoms with van der Waals surface area (Å²) >= 11 is 1.09. The standard InChI is InChI=1S/C11H11NO3S/c1-11(10(14)15)9(13)12(2)7-5-3-4-6-8(7)16-11/h3-6H,1-2H3,(H,14,15)/t11-/m0/s1. The smallest absolute Gasteiger partial charge is 0.329 e. The third-order valence-electron chi connectivity index (χ3n) is 2.66. The summed E-state index contributed by atoms with van der Waals surface area (Å²) in [7, 11) is 1.60. The average Bonchev–Trinajstić information content (AvgIpc) is 2.26. The highest BCUT2D eigenvalue weighted by molar-refractivity contribution is 8.02. The molecule has 0 saturated heterocycles. The fourth-order valence-corrected chi connectivity index (χ4v) is 2.86. The van der Waals surface area contributed by atoms with Crippen molar-refractivity contribution >= 4 is 29.3 Å². The Morgan fingerprint density at radius 2 is 2.06 bits per heavy atom. The van der Waals surface area contributed by atoms with E-state index in [4.69, 9.17) is 5.11 Å². The number of hydrogen-bond donors (Lipinski definition) is 1. The molecule has 1 heterocycles. The number of benzene rings is 1. The minimum atomic E-state index is -1.43. The number of carbonyl (C=O) groups is 2. The second-order valence-corrected chi connectivity index (χ2v) is 5.23. The summed E-state index contributed by atoms with van der Waals surface area (Å²) in [6.07, 6.45) is 0. The van der Waals surface area contributed by atoms with Crippen LogP contribution in [0.25, 0.3) is 0 Å². The first-order valence-electron chi connectivity index (χ1n) is 4.76. The second kappa shape index (κ2) is 3.52. The van der Waals surface area contributed by atoms with E-state index >= 15 is 0 Å². The molecule has 4 nitrogen and oxygen atoms in total. The maximum Gasteiger partial charge on any atom is 0.329 e. The van der Waals surface area contributed by atoms with Crippen molar-refractivity contribution in [1.82, 2.24) is 0 Å². The predicted molar refractivity (Wildman–Crippen MR) is 61.7 cm³/mol. The van der Waals surface area contributed by atoms with Crippen LogP contribution in [0.4, 0.5) is 5.69 Å². The predicted octanol–water partition coefficient (Wildman–Crippen LogP) is 1.60. The molecule has 84 valence electrons. The molecule has 0 saturated carbocycles. The number of carboxylic acid groups (broad SMARTS) is 1. The summed E-state index contributed by atoms with van der Waals surface area (Å²) < 4.78 is -1.43. The molecule has 0 aliphatic carbocycles. The highest BCUT2D eigenvalue weighted by Gasteiger charge is 2.48. The fraction of sp³-hybridized carbons (Fsp3) is 0.273. The molecule has 0 radical (unpaired) electrons. The van der Waals surface area contributed by atoms with Gasteiger partial charge >= 0.3 is 5.97 Å². The largest absolute Gasteiger partial charge is 0.480 e. The van der Waals surface area contributed by atoms with Crippen LogP contribution in [-0.4, -0.2) is 28.8 Å². The Morgan fingerprint density at radius 3 is 2.69 bits per heavy atom. The molecule has 0 bridgehead atoms. The number of nitrogens with zero attached hydrogens (tertiary/aromatic N) is 1. The number of fused-ring (bicyclic) bond motifs is 1. The zero-order valence-electron chi connectivity index (χ0n) is 8.93. The number of carbonyl (C=O) groups excluding carboxylic acids is 1. The number of anilines is 1. The summed E-state index contributed by atoms with van der Waals surface area (Å²) in [6, 6.07) is 7.29. The topological polar surface area (TPSA) is 57.6 Å². The second-order valence-electron chi connectivity index (χ2n) is 3.77. The van der Waals surface area contributed by atoms with Crippen LogP contribution in [0.5, 0.6) is 0 Å². The van der Waals surface area contributed by atoms with Gasteiger partial charge in [-0.15, -0.1) is 0 Å². The molecule has 16 heavy (non-hydrogen) atoms. The van der Waals surface area contributed by atoms with Crippen LogP contribution in [0.2, 0.25) is 0 Å². The molecule has 1 aromatic rings. The van der Waals surface area contributed by atoms with Gasteiger partial charge in [-0.2, -0.15) is 0 Å². The molecule has 5 heteroatoms. The lowest BCUT2D eigenvalue weighted by Crippen LogP contribution is -2.51. The Balaban J connectivity index is 2.55. The van der Waals surface area contributed by atoms with Crippen molar-refractivity contribution in [2.24, 2.45) is 0 Å². The summed E-state index contributed by atoms with van der Waals surface area (Å²) in [5.41, 5.74) is 0.760. The van der Waals surface area contributed by atoms with Gasteiger partial charge in [0.25, 0.3) is 5.91 Å². The number of hydrogen-bond acceptors (Lipinski definition) is 3. The van der Waals surface area contributed by atoms with E-state index in [2.05, 4.69) is 0 Å². The summed E-state index contributed by atoms with van der Waals surface area (Å²) in [6.45, 7) is 1.44. The van der Waals surface area contributed by atoms with Crippen molar-refractivity contribution in [3.63, 3.8) is 0 Å². The average molecular weight is 237 g/mol. The van der Waals surface area contributed by atoms with Crippen molar-refractivity contribution in [3.8, 4) is 0 Å². The maximum absolute atomic E-state index is 12.0. The Labute approximate surface area is 97.3 Å². The molecule has 1 amide bonds. The van der Waals surface area contributed by atoms with Crippen LogP contribution >= 0.6 is 11.8 Å².